The lowest BCUT2D eigenvalue weighted by Crippen LogP contribution is -2.42. The van der Waals surface area contributed by atoms with Crippen molar-refractivity contribution in [3.63, 3.8) is 0 Å². The highest BCUT2D eigenvalue weighted by atomic mass is 16.7. The van der Waals surface area contributed by atoms with Gasteiger partial charge in [-0.2, -0.15) is 0 Å². The van der Waals surface area contributed by atoms with Gasteiger partial charge in [-0.1, -0.05) is 26.7 Å². The van der Waals surface area contributed by atoms with Crippen molar-refractivity contribution in [2.24, 2.45) is 11.3 Å². The van der Waals surface area contributed by atoms with Crippen molar-refractivity contribution >= 4 is 5.91 Å². The summed E-state index contributed by atoms with van der Waals surface area (Å²) in [5.74, 6) is 0.390. The Labute approximate surface area is 91.7 Å². The summed E-state index contributed by atoms with van der Waals surface area (Å²) in [7, 11) is 0. The van der Waals surface area contributed by atoms with E-state index in [0.717, 1.165) is 25.8 Å². The van der Waals surface area contributed by atoms with Crippen molar-refractivity contribution in [1.82, 2.24) is 5.06 Å². The van der Waals surface area contributed by atoms with Crippen LogP contribution in [0.25, 0.3) is 0 Å². The van der Waals surface area contributed by atoms with E-state index in [2.05, 4.69) is 13.8 Å². The molecule has 2 fully saturated rings. The van der Waals surface area contributed by atoms with E-state index in [1.165, 1.54) is 12.8 Å². The quantitative estimate of drug-likeness (QED) is 0.666. The van der Waals surface area contributed by atoms with Crippen molar-refractivity contribution < 1.29 is 9.63 Å². The Hall–Kier alpha value is -0.570. The number of hydrogen-bond acceptors (Lipinski definition) is 2. The lowest BCUT2D eigenvalue weighted by Gasteiger charge is -2.38. The van der Waals surface area contributed by atoms with Gasteiger partial charge in [0.05, 0.1) is 13.2 Å². The van der Waals surface area contributed by atoms with Gasteiger partial charge in [0.25, 0.3) is 0 Å². The minimum atomic E-state index is 0.154. The van der Waals surface area contributed by atoms with Crippen LogP contribution in [0.1, 0.15) is 46.0 Å². The van der Waals surface area contributed by atoms with Crippen molar-refractivity contribution in [1.29, 1.82) is 0 Å². The molecule has 15 heavy (non-hydrogen) atoms. The maximum atomic E-state index is 12.2. The molecule has 2 rings (SSSR count). The van der Waals surface area contributed by atoms with Crippen LogP contribution >= 0.6 is 0 Å². The molecule has 0 radical (unpaired) electrons. The number of carbonyl (C=O) groups is 1. The van der Waals surface area contributed by atoms with Gasteiger partial charge in [0.1, 0.15) is 0 Å². The third-order valence-corrected chi connectivity index (χ3v) is 3.80. The molecule has 1 aliphatic heterocycles. The highest BCUT2D eigenvalue weighted by molar-refractivity contribution is 5.78. The van der Waals surface area contributed by atoms with Crippen molar-refractivity contribution in [3.8, 4) is 0 Å². The normalized spacial score (nSPS) is 30.5. The number of rotatable bonds is 1. The zero-order valence-electron chi connectivity index (χ0n) is 9.79. The first-order valence-electron chi connectivity index (χ1n) is 6.05. The van der Waals surface area contributed by atoms with Crippen molar-refractivity contribution in [2.45, 2.75) is 46.0 Å². The first-order valence-corrected chi connectivity index (χ1v) is 6.05. The molecule has 0 aromatic carbocycles. The highest BCUT2D eigenvalue weighted by Gasteiger charge is 2.40. The molecule has 1 saturated carbocycles. The second kappa shape index (κ2) is 4.12. The van der Waals surface area contributed by atoms with Gasteiger partial charge in [0, 0.05) is 5.92 Å². The van der Waals surface area contributed by atoms with Gasteiger partial charge in [0.2, 0.25) is 5.91 Å². The van der Waals surface area contributed by atoms with Crippen LogP contribution in [0.3, 0.4) is 0 Å². The molecule has 0 bridgehead atoms. The Bertz CT molecular complexity index is 244. The number of hydroxylamine groups is 2. The summed E-state index contributed by atoms with van der Waals surface area (Å²) in [6, 6.07) is 0. The van der Waals surface area contributed by atoms with Crippen molar-refractivity contribution in [3.05, 3.63) is 0 Å². The molecule has 0 spiro atoms. The topological polar surface area (TPSA) is 29.5 Å². The van der Waals surface area contributed by atoms with Crippen LogP contribution in [-0.4, -0.2) is 24.1 Å². The SMILES string of the molecule is CC1(C)CCCCC1C(=O)N1CCCO1. The molecule has 1 saturated heterocycles. The molecule has 1 atom stereocenters. The van der Waals surface area contributed by atoms with E-state index in [4.69, 9.17) is 4.84 Å². The Morgan fingerprint density at radius 2 is 2.13 bits per heavy atom. The largest absolute Gasteiger partial charge is 0.272 e. The second-order valence-electron chi connectivity index (χ2n) is 5.41. The lowest BCUT2D eigenvalue weighted by molar-refractivity contribution is -0.179. The van der Waals surface area contributed by atoms with E-state index in [1.807, 2.05) is 0 Å². The Kier molecular flexibility index (Phi) is 3.01. The van der Waals surface area contributed by atoms with Crippen molar-refractivity contribution in [2.75, 3.05) is 13.2 Å². The van der Waals surface area contributed by atoms with E-state index < -0.39 is 0 Å². The van der Waals surface area contributed by atoms with Crippen LogP contribution in [0.4, 0.5) is 0 Å². The molecule has 1 amide bonds. The van der Waals surface area contributed by atoms with E-state index in [1.54, 1.807) is 5.06 Å². The summed E-state index contributed by atoms with van der Waals surface area (Å²) in [5.41, 5.74) is 0.154. The molecule has 2 aliphatic rings. The summed E-state index contributed by atoms with van der Waals surface area (Å²) in [4.78, 5) is 17.6. The molecule has 0 aromatic heterocycles. The van der Waals surface area contributed by atoms with E-state index in [-0.39, 0.29) is 17.2 Å². The minimum Gasteiger partial charge on any atom is -0.272 e. The van der Waals surface area contributed by atoms with E-state index in [0.29, 0.717) is 6.61 Å². The average Bonchev–Trinajstić information content (AvgIpc) is 2.69. The Morgan fingerprint density at radius 1 is 1.33 bits per heavy atom. The summed E-state index contributed by atoms with van der Waals surface area (Å²) in [5, 5.41) is 1.59. The van der Waals surface area contributed by atoms with Crippen LogP contribution in [0.5, 0.6) is 0 Å². The van der Waals surface area contributed by atoms with Gasteiger partial charge < -0.3 is 0 Å². The van der Waals surface area contributed by atoms with Crippen LogP contribution < -0.4 is 0 Å². The van der Waals surface area contributed by atoms with Gasteiger partial charge in [-0.05, 0) is 24.7 Å². The van der Waals surface area contributed by atoms with Gasteiger partial charge in [-0.3, -0.25) is 9.63 Å². The summed E-state index contributed by atoms with van der Waals surface area (Å²) < 4.78 is 0. The van der Waals surface area contributed by atoms with E-state index in [9.17, 15) is 4.79 Å². The number of carbonyl (C=O) groups excluding carboxylic acids is 1. The molecule has 0 aromatic rings. The fourth-order valence-corrected chi connectivity index (χ4v) is 2.75. The minimum absolute atomic E-state index is 0.154. The highest BCUT2D eigenvalue weighted by Crippen LogP contribution is 2.41. The first-order chi connectivity index (χ1) is 7.11. The third-order valence-electron chi connectivity index (χ3n) is 3.80. The third kappa shape index (κ3) is 2.17. The van der Waals surface area contributed by atoms with Gasteiger partial charge >= 0.3 is 0 Å². The molecule has 0 N–H and O–H groups in total. The number of hydrogen-bond donors (Lipinski definition) is 0. The molecule has 3 heteroatoms. The maximum Gasteiger partial charge on any atom is 0.249 e. The Morgan fingerprint density at radius 3 is 2.73 bits per heavy atom. The summed E-state index contributed by atoms with van der Waals surface area (Å²) in [6.45, 7) is 5.92. The zero-order valence-corrected chi connectivity index (χ0v) is 9.79. The smallest absolute Gasteiger partial charge is 0.249 e. The van der Waals surface area contributed by atoms with E-state index >= 15 is 0 Å². The number of amides is 1. The van der Waals surface area contributed by atoms with Gasteiger partial charge in [-0.25, -0.2) is 5.06 Å². The predicted molar refractivity (Wildman–Crippen MR) is 58.0 cm³/mol. The fraction of sp³-hybridized carbons (Fsp3) is 0.917. The molecular weight excluding hydrogens is 190 g/mol. The molecule has 1 aliphatic carbocycles. The van der Waals surface area contributed by atoms with Gasteiger partial charge in [-0.15, -0.1) is 0 Å². The summed E-state index contributed by atoms with van der Waals surface area (Å²) >= 11 is 0. The van der Waals surface area contributed by atoms with Gasteiger partial charge in [0.15, 0.2) is 0 Å². The Balaban J connectivity index is 2.04. The average molecular weight is 211 g/mol. The molecule has 1 heterocycles. The second-order valence-corrected chi connectivity index (χ2v) is 5.41. The lowest BCUT2D eigenvalue weighted by atomic mass is 9.68. The van der Waals surface area contributed by atoms with Crippen LogP contribution in [-0.2, 0) is 9.63 Å². The molecule has 1 unspecified atom stereocenters. The maximum absolute atomic E-state index is 12.2. The summed E-state index contributed by atoms with van der Waals surface area (Å²) in [6.07, 6.45) is 5.63. The molecular formula is C12H21NO2. The van der Waals surface area contributed by atoms with Crippen LogP contribution in [0.15, 0.2) is 0 Å². The predicted octanol–water partition coefficient (Wildman–Crippen LogP) is 2.37. The first kappa shape index (κ1) is 10.9. The number of nitrogens with zero attached hydrogens (tertiary/aromatic N) is 1. The molecule has 86 valence electrons. The van der Waals surface area contributed by atoms with Crippen LogP contribution in [0.2, 0.25) is 0 Å². The monoisotopic (exact) mass is 211 g/mol. The molecule has 3 nitrogen and oxygen atoms in total. The zero-order chi connectivity index (χ0) is 10.9. The fourth-order valence-electron chi connectivity index (χ4n) is 2.75. The van der Waals surface area contributed by atoms with Crippen LogP contribution in [0, 0.1) is 11.3 Å². The standard InChI is InChI=1S/C12H21NO2/c1-12(2)7-4-3-6-10(12)11(14)13-8-5-9-15-13/h10H,3-9H2,1-2H3.